The fourth-order valence-corrected chi connectivity index (χ4v) is 2.52. The Balaban J connectivity index is 2.20. The van der Waals surface area contributed by atoms with Crippen LogP contribution in [0.1, 0.15) is 16.7 Å². The van der Waals surface area contributed by atoms with Crippen molar-refractivity contribution in [3.05, 3.63) is 83.9 Å². The molecular weight excluding hydrogens is 270 g/mol. The molecule has 3 nitrogen and oxygen atoms in total. The van der Waals surface area contributed by atoms with E-state index < -0.39 is 0 Å². The minimum Gasteiger partial charge on any atom is -0.239 e. The molecule has 3 rings (SSSR count). The van der Waals surface area contributed by atoms with Crippen LogP contribution in [0.3, 0.4) is 0 Å². The van der Waals surface area contributed by atoms with Gasteiger partial charge in [0.05, 0.1) is 12.7 Å². The summed E-state index contributed by atoms with van der Waals surface area (Å²) in [4.78, 5) is 4.98. The summed E-state index contributed by atoms with van der Waals surface area (Å²) in [7, 11) is 2.01. The first kappa shape index (κ1) is 14.3. The molecule has 0 aliphatic carbocycles. The molecule has 1 aromatic heterocycles. The summed E-state index contributed by atoms with van der Waals surface area (Å²) in [6.45, 7) is 4.20. The van der Waals surface area contributed by atoms with Crippen LogP contribution in [0.15, 0.2) is 72.2 Å². The van der Waals surface area contributed by atoms with Crippen LogP contribution < -0.4 is 4.57 Å². The van der Waals surface area contributed by atoms with E-state index in [1.165, 1.54) is 11.1 Å². The fourth-order valence-electron chi connectivity index (χ4n) is 2.52. The molecule has 0 spiro atoms. The Kier molecular flexibility index (Phi) is 3.88. The van der Waals surface area contributed by atoms with E-state index in [9.17, 15) is 0 Å². The van der Waals surface area contributed by atoms with Gasteiger partial charge in [-0.15, -0.1) is 0 Å². The third-order valence-electron chi connectivity index (χ3n) is 3.70. The maximum Gasteiger partial charge on any atom is 0.250 e. The summed E-state index contributed by atoms with van der Waals surface area (Å²) in [5.41, 5.74) is 4.51. The minimum atomic E-state index is 0.929. The average Bonchev–Trinajstić information content (AvgIpc) is 2.94. The van der Waals surface area contributed by atoms with Crippen molar-refractivity contribution in [2.75, 3.05) is 0 Å². The lowest BCUT2D eigenvalue weighted by molar-refractivity contribution is -0.670. The number of aromatic nitrogens is 2. The lowest BCUT2D eigenvalue weighted by Gasteiger charge is -2.07. The van der Waals surface area contributed by atoms with Gasteiger partial charge >= 0.3 is 0 Å². The molecule has 1 heterocycles. The normalized spacial score (nSPS) is 11.7. The largest absolute Gasteiger partial charge is 0.250 e. The lowest BCUT2D eigenvalue weighted by atomic mass is 10.1. The standard InChI is InChI=1S/C19H20N3/c1-15-8-7-9-16(2)18(15)20-19(17-10-5-4-6-11-17)22-13-12-21(3)14-22/h4-14H,1-3H3/q+1. The van der Waals surface area contributed by atoms with Gasteiger partial charge < -0.3 is 0 Å². The van der Waals surface area contributed by atoms with Gasteiger partial charge in [-0.05, 0) is 37.1 Å². The van der Waals surface area contributed by atoms with E-state index in [0.29, 0.717) is 0 Å². The maximum atomic E-state index is 4.98. The molecule has 0 aliphatic heterocycles. The van der Waals surface area contributed by atoms with E-state index in [0.717, 1.165) is 17.1 Å². The van der Waals surface area contributed by atoms with Crippen LogP contribution >= 0.6 is 0 Å². The van der Waals surface area contributed by atoms with Gasteiger partial charge in [-0.2, -0.15) is 4.57 Å². The molecule has 0 bridgehead atoms. The number of aryl methyl sites for hydroxylation is 3. The Morgan fingerprint density at radius 3 is 2.23 bits per heavy atom. The number of rotatable bonds is 2. The van der Waals surface area contributed by atoms with Gasteiger partial charge in [0.15, 0.2) is 0 Å². The molecule has 110 valence electrons. The number of benzene rings is 2. The van der Waals surface area contributed by atoms with Gasteiger partial charge in [-0.25, -0.2) is 9.56 Å². The smallest absolute Gasteiger partial charge is 0.239 e. The van der Waals surface area contributed by atoms with Crippen LogP contribution in [-0.2, 0) is 7.05 Å². The molecule has 0 radical (unpaired) electrons. The summed E-state index contributed by atoms with van der Waals surface area (Å²) in [5.74, 6) is 0.929. The van der Waals surface area contributed by atoms with Crippen LogP contribution in [0.25, 0.3) is 0 Å². The first-order valence-corrected chi connectivity index (χ1v) is 7.39. The van der Waals surface area contributed by atoms with Crippen molar-refractivity contribution in [3.8, 4) is 0 Å². The van der Waals surface area contributed by atoms with Crippen molar-refractivity contribution in [1.29, 1.82) is 0 Å². The maximum absolute atomic E-state index is 4.98. The number of imidazole rings is 1. The topological polar surface area (TPSA) is 21.2 Å². The minimum absolute atomic E-state index is 0.929. The van der Waals surface area contributed by atoms with E-state index in [4.69, 9.17) is 4.99 Å². The summed E-state index contributed by atoms with van der Waals surface area (Å²) >= 11 is 0. The number of nitrogens with zero attached hydrogens (tertiary/aromatic N) is 3. The van der Waals surface area contributed by atoms with E-state index in [2.05, 4.69) is 48.7 Å². The first-order valence-electron chi connectivity index (χ1n) is 7.39. The van der Waals surface area contributed by atoms with E-state index in [1.54, 1.807) is 0 Å². The first-order chi connectivity index (χ1) is 10.6. The van der Waals surface area contributed by atoms with Crippen LogP contribution in [0.5, 0.6) is 0 Å². The van der Waals surface area contributed by atoms with Crippen molar-refractivity contribution >= 4 is 11.5 Å². The van der Waals surface area contributed by atoms with Gasteiger partial charge in [-0.1, -0.05) is 36.4 Å². The molecule has 0 amide bonds. The monoisotopic (exact) mass is 290 g/mol. The number of para-hydroxylation sites is 1. The fraction of sp³-hybridized carbons (Fsp3) is 0.158. The molecule has 0 aliphatic rings. The summed E-state index contributed by atoms with van der Waals surface area (Å²) in [5, 5.41) is 0. The van der Waals surface area contributed by atoms with Crippen molar-refractivity contribution in [1.82, 2.24) is 4.57 Å². The summed E-state index contributed by atoms with van der Waals surface area (Å²) in [6.07, 6.45) is 6.07. The Hall–Kier alpha value is -2.68. The highest BCUT2D eigenvalue weighted by molar-refractivity contribution is 6.02. The van der Waals surface area contributed by atoms with Crippen LogP contribution in [-0.4, -0.2) is 10.4 Å². The summed E-state index contributed by atoms with van der Waals surface area (Å²) in [6, 6.07) is 16.6. The van der Waals surface area contributed by atoms with Crippen LogP contribution in [0.2, 0.25) is 0 Å². The molecule has 22 heavy (non-hydrogen) atoms. The van der Waals surface area contributed by atoms with Gasteiger partial charge in [-0.3, -0.25) is 0 Å². The zero-order valence-corrected chi connectivity index (χ0v) is 13.2. The molecule has 3 aromatic rings. The number of hydrogen-bond donors (Lipinski definition) is 0. The Bertz CT molecular complexity index is 793. The second kappa shape index (κ2) is 5.98. The molecule has 0 saturated heterocycles. The quantitative estimate of drug-likeness (QED) is 0.391. The van der Waals surface area contributed by atoms with Crippen LogP contribution in [0.4, 0.5) is 5.69 Å². The SMILES string of the molecule is Cc1cccc(C)c1N=C(c1ccccc1)n1cc[n+](C)c1. The molecule has 0 fully saturated rings. The molecule has 0 N–H and O–H groups in total. The predicted molar refractivity (Wildman–Crippen MR) is 89.6 cm³/mol. The van der Waals surface area contributed by atoms with E-state index in [-0.39, 0.29) is 0 Å². The highest BCUT2D eigenvalue weighted by Gasteiger charge is 2.14. The third kappa shape index (κ3) is 2.84. The van der Waals surface area contributed by atoms with E-state index >= 15 is 0 Å². The molecule has 0 unspecified atom stereocenters. The molecular formula is C19H20N3+. The Morgan fingerprint density at radius 1 is 0.955 bits per heavy atom. The average molecular weight is 290 g/mol. The van der Waals surface area contributed by atoms with Gasteiger partial charge in [0.25, 0.3) is 0 Å². The third-order valence-corrected chi connectivity index (χ3v) is 3.70. The highest BCUT2D eigenvalue weighted by Crippen LogP contribution is 2.24. The van der Waals surface area contributed by atoms with Crippen LogP contribution in [0, 0.1) is 13.8 Å². The van der Waals surface area contributed by atoms with E-state index in [1.807, 2.05) is 48.5 Å². The van der Waals surface area contributed by atoms with Gasteiger partial charge in [0.1, 0.15) is 12.4 Å². The van der Waals surface area contributed by atoms with Gasteiger partial charge in [0.2, 0.25) is 12.2 Å². The molecule has 0 saturated carbocycles. The Morgan fingerprint density at radius 2 is 1.64 bits per heavy atom. The van der Waals surface area contributed by atoms with Crippen molar-refractivity contribution < 1.29 is 4.57 Å². The predicted octanol–water partition coefficient (Wildman–Crippen LogP) is 3.56. The Labute approximate surface area is 131 Å². The van der Waals surface area contributed by atoms with Crippen molar-refractivity contribution in [2.45, 2.75) is 13.8 Å². The zero-order valence-electron chi connectivity index (χ0n) is 13.2. The molecule has 0 atom stereocenters. The lowest BCUT2D eigenvalue weighted by Crippen LogP contribution is -2.25. The second-order valence-corrected chi connectivity index (χ2v) is 5.53. The number of aliphatic imine (C=N–C) groups is 1. The van der Waals surface area contributed by atoms with Crippen molar-refractivity contribution in [3.63, 3.8) is 0 Å². The van der Waals surface area contributed by atoms with Gasteiger partial charge in [0, 0.05) is 5.56 Å². The zero-order chi connectivity index (χ0) is 15.5. The number of hydrogen-bond acceptors (Lipinski definition) is 1. The molecule has 2 aromatic carbocycles. The molecule has 3 heteroatoms. The highest BCUT2D eigenvalue weighted by atomic mass is 15.1. The summed E-state index contributed by atoms with van der Waals surface area (Å²) < 4.78 is 4.07. The second-order valence-electron chi connectivity index (χ2n) is 5.53. The van der Waals surface area contributed by atoms with Crippen molar-refractivity contribution in [2.24, 2.45) is 12.0 Å².